The number of halogens is 2. The van der Waals surface area contributed by atoms with Crippen molar-refractivity contribution in [3.63, 3.8) is 0 Å². The monoisotopic (exact) mass is 516 g/mol. The van der Waals surface area contributed by atoms with E-state index in [1.54, 1.807) is 13.8 Å². The molecule has 1 aliphatic rings. The van der Waals surface area contributed by atoms with E-state index < -0.39 is 40.5 Å². The zero-order chi connectivity index (χ0) is 24.2. The number of sulfonamides is 1. The van der Waals surface area contributed by atoms with E-state index in [0.717, 1.165) is 0 Å². The molecule has 2 aromatic carbocycles. The van der Waals surface area contributed by atoms with Gasteiger partial charge in [0, 0.05) is 11.8 Å². The fourth-order valence-corrected chi connectivity index (χ4v) is 4.53. The highest BCUT2D eigenvalue weighted by Crippen LogP contribution is 2.32. The number of fused-ring (bicyclic) bond motifs is 1. The normalized spacial score (nSPS) is 14.0. The van der Waals surface area contributed by atoms with E-state index in [2.05, 4.69) is 10.0 Å². The van der Waals surface area contributed by atoms with Gasteiger partial charge in [0.15, 0.2) is 18.1 Å². The average Bonchev–Trinajstić information content (AvgIpc) is 2.78. The molecule has 2 N–H and O–H groups in total. The number of rotatable bonds is 8. The third-order valence-electron chi connectivity index (χ3n) is 4.58. The average molecular weight is 517 g/mol. The van der Waals surface area contributed by atoms with Crippen LogP contribution in [0.1, 0.15) is 13.8 Å². The number of ether oxygens (including phenoxy) is 3. The van der Waals surface area contributed by atoms with Crippen molar-refractivity contribution in [2.45, 2.75) is 24.8 Å². The van der Waals surface area contributed by atoms with Crippen LogP contribution >= 0.6 is 23.2 Å². The van der Waals surface area contributed by atoms with Crippen LogP contribution in [0.2, 0.25) is 10.0 Å². The standard InChI is InChI=1S/C21H22Cl2N2O7S/c1-12(2)20(21(27)32-11-19(26)24-13-3-5-15(22)16(23)9-13)25-33(28,29)14-4-6-17-18(10-14)31-8-7-30-17/h3-6,9-10,12,20,25H,7-8,11H2,1-2H3,(H,24,26). The quantitative estimate of drug-likeness (QED) is 0.516. The number of anilines is 1. The molecule has 0 aromatic heterocycles. The molecule has 1 unspecified atom stereocenters. The molecule has 1 heterocycles. The minimum atomic E-state index is -4.09. The van der Waals surface area contributed by atoms with Crippen molar-refractivity contribution >= 4 is 50.8 Å². The van der Waals surface area contributed by atoms with Crippen LogP contribution in [0.3, 0.4) is 0 Å². The summed E-state index contributed by atoms with van der Waals surface area (Å²) in [5, 5.41) is 3.09. The number of carbonyl (C=O) groups excluding carboxylic acids is 2. The molecular formula is C21H22Cl2N2O7S. The summed E-state index contributed by atoms with van der Waals surface area (Å²) >= 11 is 11.7. The SMILES string of the molecule is CC(C)C(NS(=O)(=O)c1ccc2c(c1)OCCO2)C(=O)OCC(=O)Nc1ccc(Cl)c(Cl)c1. The second kappa shape index (κ2) is 10.6. The Hall–Kier alpha value is -2.53. The Balaban J connectivity index is 1.63. The minimum absolute atomic E-state index is 0.0949. The van der Waals surface area contributed by atoms with E-state index in [9.17, 15) is 18.0 Å². The Morgan fingerprint density at radius 1 is 1.03 bits per heavy atom. The maximum absolute atomic E-state index is 12.9. The number of hydrogen-bond acceptors (Lipinski definition) is 7. The van der Waals surface area contributed by atoms with Gasteiger partial charge in [0.25, 0.3) is 5.91 Å². The van der Waals surface area contributed by atoms with E-state index in [0.29, 0.717) is 35.4 Å². The van der Waals surface area contributed by atoms with Crippen molar-refractivity contribution in [2.75, 3.05) is 25.1 Å². The molecule has 178 valence electrons. The first-order valence-electron chi connectivity index (χ1n) is 9.90. The third kappa shape index (κ3) is 6.50. The summed E-state index contributed by atoms with van der Waals surface area (Å²) in [4.78, 5) is 24.6. The highest BCUT2D eigenvalue weighted by molar-refractivity contribution is 7.89. The number of nitrogens with one attached hydrogen (secondary N) is 2. The van der Waals surface area contributed by atoms with Gasteiger partial charge in [-0.2, -0.15) is 4.72 Å². The molecular weight excluding hydrogens is 495 g/mol. The molecule has 2 aromatic rings. The molecule has 1 atom stereocenters. The number of benzene rings is 2. The zero-order valence-electron chi connectivity index (χ0n) is 17.8. The topological polar surface area (TPSA) is 120 Å². The van der Waals surface area contributed by atoms with E-state index in [1.807, 2.05) is 0 Å². The van der Waals surface area contributed by atoms with Gasteiger partial charge in [-0.25, -0.2) is 8.42 Å². The Morgan fingerprint density at radius 2 is 1.73 bits per heavy atom. The van der Waals surface area contributed by atoms with Crippen molar-refractivity contribution in [1.29, 1.82) is 0 Å². The van der Waals surface area contributed by atoms with Gasteiger partial charge in [0.05, 0.1) is 14.9 Å². The summed E-state index contributed by atoms with van der Waals surface area (Å²) in [5.74, 6) is -1.24. The maximum Gasteiger partial charge on any atom is 0.324 e. The van der Waals surface area contributed by atoms with Gasteiger partial charge in [-0.3, -0.25) is 9.59 Å². The predicted octanol–water partition coefficient (Wildman–Crippen LogP) is 3.25. The Bertz CT molecular complexity index is 1160. The van der Waals surface area contributed by atoms with Crippen molar-refractivity contribution in [2.24, 2.45) is 5.92 Å². The summed E-state index contributed by atoms with van der Waals surface area (Å²) in [6.45, 7) is 3.35. The molecule has 1 aliphatic heterocycles. The summed E-state index contributed by atoms with van der Waals surface area (Å²) in [7, 11) is -4.09. The molecule has 0 radical (unpaired) electrons. The molecule has 0 spiro atoms. The molecule has 0 saturated heterocycles. The van der Waals surface area contributed by atoms with Crippen LogP contribution in [0.4, 0.5) is 5.69 Å². The Kier molecular flexibility index (Phi) is 8.06. The zero-order valence-corrected chi connectivity index (χ0v) is 20.1. The van der Waals surface area contributed by atoms with Crippen LogP contribution in [-0.2, 0) is 24.3 Å². The summed E-state index contributed by atoms with van der Waals surface area (Å²) < 4.78 is 43.9. The first kappa shape index (κ1) is 25.1. The van der Waals surface area contributed by atoms with Crippen LogP contribution in [0, 0.1) is 5.92 Å². The first-order chi connectivity index (χ1) is 15.6. The molecule has 0 aliphatic carbocycles. The van der Waals surface area contributed by atoms with Crippen molar-refractivity contribution in [1.82, 2.24) is 4.72 Å². The van der Waals surface area contributed by atoms with E-state index >= 15 is 0 Å². The van der Waals surface area contributed by atoms with Gasteiger partial charge in [0.2, 0.25) is 10.0 Å². The van der Waals surface area contributed by atoms with Crippen molar-refractivity contribution in [3.8, 4) is 11.5 Å². The Morgan fingerprint density at radius 3 is 2.39 bits per heavy atom. The lowest BCUT2D eigenvalue weighted by Crippen LogP contribution is -2.45. The molecule has 1 amide bonds. The highest BCUT2D eigenvalue weighted by atomic mass is 35.5. The van der Waals surface area contributed by atoms with Crippen LogP contribution in [-0.4, -0.2) is 46.2 Å². The lowest BCUT2D eigenvalue weighted by Gasteiger charge is -2.22. The summed E-state index contributed by atoms with van der Waals surface area (Å²) in [6, 6.07) is 7.43. The number of amides is 1. The second-order valence-corrected chi connectivity index (χ2v) is 9.96. The first-order valence-corrected chi connectivity index (χ1v) is 12.1. The van der Waals surface area contributed by atoms with Crippen molar-refractivity contribution < 1.29 is 32.2 Å². The molecule has 33 heavy (non-hydrogen) atoms. The predicted molar refractivity (Wildman–Crippen MR) is 122 cm³/mol. The van der Waals surface area contributed by atoms with Gasteiger partial charge < -0.3 is 19.5 Å². The van der Waals surface area contributed by atoms with Gasteiger partial charge in [-0.15, -0.1) is 0 Å². The van der Waals surface area contributed by atoms with Gasteiger partial charge >= 0.3 is 5.97 Å². The lowest BCUT2D eigenvalue weighted by molar-refractivity contribution is -0.150. The van der Waals surface area contributed by atoms with Gasteiger partial charge in [-0.1, -0.05) is 37.0 Å². The maximum atomic E-state index is 12.9. The van der Waals surface area contributed by atoms with Gasteiger partial charge in [0.1, 0.15) is 19.3 Å². The van der Waals surface area contributed by atoms with Gasteiger partial charge in [-0.05, 0) is 36.2 Å². The van der Waals surface area contributed by atoms with Crippen molar-refractivity contribution in [3.05, 3.63) is 46.4 Å². The van der Waals surface area contributed by atoms with E-state index in [1.165, 1.54) is 36.4 Å². The van der Waals surface area contributed by atoms with Crippen LogP contribution in [0.15, 0.2) is 41.3 Å². The fourth-order valence-electron chi connectivity index (χ4n) is 2.88. The molecule has 0 fully saturated rings. The largest absolute Gasteiger partial charge is 0.486 e. The summed E-state index contributed by atoms with van der Waals surface area (Å²) in [5.41, 5.74) is 0.366. The summed E-state index contributed by atoms with van der Waals surface area (Å²) in [6.07, 6.45) is 0. The molecule has 3 rings (SSSR count). The number of esters is 1. The van der Waals surface area contributed by atoms with Crippen LogP contribution < -0.4 is 19.5 Å². The molecule has 0 saturated carbocycles. The Labute approximate surface area is 201 Å². The third-order valence-corrected chi connectivity index (χ3v) is 6.75. The smallest absolute Gasteiger partial charge is 0.324 e. The molecule has 12 heteroatoms. The minimum Gasteiger partial charge on any atom is -0.486 e. The van der Waals surface area contributed by atoms with Crippen LogP contribution in [0.5, 0.6) is 11.5 Å². The second-order valence-electron chi connectivity index (χ2n) is 7.43. The highest BCUT2D eigenvalue weighted by Gasteiger charge is 2.31. The van der Waals surface area contributed by atoms with E-state index in [-0.39, 0.29) is 9.92 Å². The molecule has 9 nitrogen and oxygen atoms in total. The van der Waals surface area contributed by atoms with E-state index in [4.69, 9.17) is 37.4 Å². The molecule has 0 bridgehead atoms. The number of carbonyl (C=O) groups is 2. The van der Waals surface area contributed by atoms with Crippen LogP contribution in [0.25, 0.3) is 0 Å². The fraction of sp³-hybridized carbons (Fsp3) is 0.333. The lowest BCUT2D eigenvalue weighted by atomic mass is 10.1. The number of hydrogen-bond donors (Lipinski definition) is 2.